The lowest BCUT2D eigenvalue weighted by molar-refractivity contribution is 0.0696. The monoisotopic (exact) mass is 312 g/mol. The first kappa shape index (κ1) is 14.5. The van der Waals surface area contributed by atoms with Gasteiger partial charge < -0.3 is 20.5 Å². The third-order valence-corrected chi connectivity index (χ3v) is 3.25. The molecule has 8 nitrogen and oxygen atoms in total. The Hall–Kier alpha value is -3.42. The van der Waals surface area contributed by atoms with Crippen molar-refractivity contribution in [1.29, 1.82) is 0 Å². The molecule has 0 bridgehead atoms. The Morgan fingerprint density at radius 1 is 1.04 bits per heavy atom. The maximum absolute atomic E-state index is 11.1. The normalized spacial score (nSPS) is 10.7. The van der Waals surface area contributed by atoms with E-state index in [0.29, 0.717) is 17.2 Å². The van der Waals surface area contributed by atoms with Gasteiger partial charge in [-0.15, -0.1) is 0 Å². The topological polar surface area (TPSA) is 128 Å². The molecule has 0 unspecified atom stereocenters. The number of nitrogens with zero attached hydrogens (tertiary/aromatic N) is 2. The molecule has 0 aliphatic rings. The minimum atomic E-state index is -1.21. The standard InChI is InChI=1S/C15H12N4O4/c1-7-2-11-12(18-7)16-6-17-13(11)19-10-4-8(14(20)21)3-9(5-10)15(22)23/h2-6H,1H3,(H,20,21)(H,22,23)(H2,16,17,18,19). The molecule has 0 aliphatic heterocycles. The number of fused-ring (bicyclic) bond motifs is 1. The number of aromatic nitrogens is 3. The van der Waals surface area contributed by atoms with Gasteiger partial charge in [-0.05, 0) is 31.2 Å². The summed E-state index contributed by atoms with van der Waals surface area (Å²) in [6.45, 7) is 1.87. The fourth-order valence-electron chi connectivity index (χ4n) is 2.25. The van der Waals surface area contributed by atoms with Crippen molar-refractivity contribution >= 4 is 34.5 Å². The third-order valence-electron chi connectivity index (χ3n) is 3.25. The number of hydrogen-bond acceptors (Lipinski definition) is 5. The van der Waals surface area contributed by atoms with Gasteiger partial charge in [-0.25, -0.2) is 19.6 Å². The van der Waals surface area contributed by atoms with Crippen LogP contribution in [0.1, 0.15) is 26.4 Å². The number of carbonyl (C=O) groups is 2. The zero-order chi connectivity index (χ0) is 16.6. The van der Waals surface area contributed by atoms with Gasteiger partial charge in [-0.3, -0.25) is 0 Å². The van der Waals surface area contributed by atoms with E-state index >= 15 is 0 Å². The molecule has 0 atom stereocenters. The van der Waals surface area contributed by atoms with Crippen LogP contribution >= 0.6 is 0 Å². The molecule has 116 valence electrons. The Morgan fingerprint density at radius 3 is 2.30 bits per heavy atom. The molecule has 0 radical (unpaired) electrons. The van der Waals surface area contributed by atoms with Crippen LogP contribution in [0.15, 0.2) is 30.6 Å². The van der Waals surface area contributed by atoms with E-state index in [1.165, 1.54) is 18.5 Å². The lowest BCUT2D eigenvalue weighted by atomic mass is 10.1. The van der Waals surface area contributed by atoms with Crippen molar-refractivity contribution in [1.82, 2.24) is 15.0 Å². The van der Waals surface area contributed by atoms with Gasteiger partial charge in [0, 0.05) is 11.4 Å². The van der Waals surface area contributed by atoms with Crippen LogP contribution in [-0.4, -0.2) is 37.1 Å². The number of carboxylic acids is 2. The molecule has 0 amide bonds. The molecule has 0 spiro atoms. The van der Waals surface area contributed by atoms with E-state index in [-0.39, 0.29) is 11.1 Å². The van der Waals surface area contributed by atoms with Crippen LogP contribution in [0.4, 0.5) is 11.5 Å². The van der Waals surface area contributed by atoms with E-state index < -0.39 is 11.9 Å². The van der Waals surface area contributed by atoms with Gasteiger partial charge in [-0.1, -0.05) is 0 Å². The number of nitrogens with one attached hydrogen (secondary N) is 2. The van der Waals surface area contributed by atoms with Gasteiger partial charge in [0.25, 0.3) is 0 Å². The van der Waals surface area contributed by atoms with Gasteiger partial charge in [0.05, 0.1) is 16.5 Å². The maximum Gasteiger partial charge on any atom is 0.335 e. The number of aryl methyl sites for hydroxylation is 1. The van der Waals surface area contributed by atoms with Crippen LogP contribution in [-0.2, 0) is 0 Å². The summed E-state index contributed by atoms with van der Waals surface area (Å²) in [5.74, 6) is -1.96. The minimum Gasteiger partial charge on any atom is -0.478 e. The number of H-pyrrole nitrogens is 1. The van der Waals surface area contributed by atoms with Gasteiger partial charge in [-0.2, -0.15) is 0 Å². The number of aromatic amines is 1. The van der Waals surface area contributed by atoms with Crippen molar-refractivity contribution in [2.75, 3.05) is 5.32 Å². The van der Waals surface area contributed by atoms with Crippen LogP contribution in [0.25, 0.3) is 11.0 Å². The van der Waals surface area contributed by atoms with E-state index in [4.69, 9.17) is 10.2 Å². The summed E-state index contributed by atoms with van der Waals surface area (Å²) in [4.78, 5) is 33.6. The lowest BCUT2D eigenvalue weighted by Gasteiger charge is -2.08. The largest absolute Gasteiger partial charge is 0.478 e. The second-order valence-corrected chi connectivity index (χ2v) is 4.97. The van der Waals surface area contributed by atoms with E-state index in [2.05, 4.69) is 20.3 Å². The first-order valence-electron chi connectivity index (χ1n) is 6.63. The molecule has 4 N–H and O–H groups in total. The molecule has 2 aromatic heterocycles. The van der Waals surface area contributed by atoms with Crippen molar-refractivity contribution in [2.45, 2.75) is 6.92 Å². The van der Waals surface area contributed by atoms with Crippen LogP contribution in [0.2, 0.25) is 0 Å². The van der Waals surface area contributed by atoms with E-state index in [9.17, 15) is 9.59 Å². The van der Waals surface area contributed by atoms with E-state index in [1.807, 2.05) is 13.0 Å². The third kappa shape index (κ3) is 2.82. The van der Waals surface area contributed by atoms with E-state index in [1.54, 1.807) is 0 Å². The summed E-state index contributed by atoms with van der Waals surface area (Å²) < 4.78 is 0. The van der Waals surface area contributed by atoms with Crippen molar-refractivity contribution < 1.29 is 19.8 Å². The molecule has 0 aliphatic carbocycles. The molecule has 1 aromatic carbocycles. The summed E-state index contributed by atoms with van der Waals surface area (Å²) in [6, 6.07) is 5.65. The van der Waals surface area contributed by atoms with Crippen LogP contribution < -0.4 is 5.32 Å². The Kier molecular flexibility index (Phi) is 3.41. The average Bonchev–Trinajstić information content (AvgIpc) is 2.88. The van der Waals surface area contributed by atoms with Crippen molar-refractivity contribution in [3.8, 4) is 0 Å². The average molecular weight is 312 g/mol. The molecule has 23 heavy (non-hydrogen) atoms. The molecule has 8 heteroatoms. The Labute approximate surface area is 129 Å². The first-order chi connectivity index (χ1) is 10.9. The highest BCUT2D eigenvalue weighted by molar-refractivity contribution is 5.96. The highest BCUT2D eigenvalue weighted by Gasteiger charge is 2.13. The predicted octanol–water partition coefficient (Wildman–Crippen LogP) is 2.41. The molecular formula is C15H12N4O4. The van der Waals surface area contributed by atoms with E-state index in [0.717, 1.165) is 17.1 Å². The fourth-order valence-corrected chi connectivity index (χ4v) is 2.25. The van der Waals surface area contributed by atoms with Crippen molar-refractivity contribution in [3.05, 3.63) is 47.4 Å². The van der Waals surface area contributed by atoms with Gasteiger partial charge in [0.15, 0.2) is 0 Å². The quantitative estimate of drug-likeness (QED) is 0.582. The zero-order valence-corrected chi connectivity index (χ0v) is 12.0. The summed E-state index contributed by atoms with van der Waals surface area (Å²) >= 11 is 0. The number of rotatable bonds is 4. The molecule has 3 aromatic rings. The fraction of sp³-hybridized carbons (Fsp3) is 0.0667. The molecular weight excluding hydrogens is 300 g/mol. The zero-order valence-electron chi connectivity index (χ0n) is 12.0. The highest BCUT2D eigenvalue weighted by atomic mass is 16.4. The summed E-state index contributed by atoms with van der Waals surface area (Å²) in [6.07, 6.45) is 1.36. The maximum atomic E-state index is 11.1. The predicted molar refractivity (Wildman–Crippen MR) is 82.3 cm³/mol. The minimum absolute atomic E-state index is 0.122. The van der Waals surface area contributed by atoms with Crippen LogP contribution in [0.5, 0.6) is 0 Å². The van der Waals surface area contributed by atoms with Gasteiger partial charge in [0.2, 0.25) is 0 Å². The summed E-state index contributed by atoms with van der Waals surface area (Å²) in [5.41, 5.74) is 1.61. The molecule has 0 fully saturated rings. The van der Waals surface area contributed by atoms with Gasteiger partial charge in [0.1, 0.15) is 17.8 Å². The summed E-state index contributed by atoms with van der Waals surface area (Å²) in [5, 5.41) is 21.9. The molecule has 2 heterocycles. The Bertz CT molecular complexity index is 900. The number of hydrogen-bond donors (Lipinski definition) is 4. The number of anilines is 2. The number of carboxylic acid groups (broad SMARTS) is 2. The number of benzene rings is 1. The molecule has 0 saturated heterocycles. The summed E-state index contributed by atoms with van der Waals surface area (Å²) in [7, 11) is 0. The Balaban J connectivity index is 2.07. The van der Waals surface area contributed by atoms with Gasteiger partial charge >= 0.3 is 11.9 Å². The van der Waals surface area contributed by atoms with Crippen molar-refractivity contribution in [3.63, 3.8) is 0 Å². The molecule has 0 saturated carbocycles. The molecule has 3 rings (SSSR count). The second kappa shape index (κ2) is 5.41. The van der Waals surface area contributed by atoms with Crippen LogP contribution in [0, 0.1) is 6.92 Å². The van der Waals surface area contributed by atoms with Crippen LogP contribution in [0.3, 0.4) is 0 Å². The smallest absolute Gasteiger partial charge is 0.335 e. The first-order valence-corrected chi connectivity index (χ1v) is 6.63. The van der Waals surface area contributed by atoms with Crippen molar-refractivity contribution in [2.24, 2.45) is 0 Å². The highest BCUT2D eigenvalue weighted by Crippen LogP contribution is 2.25. The lowest BCUT2D eigenvalue weighted by Crippen LogP contribution is -2.05. The second-order valence-electron chi connectivity index (χ2n) is 4.97. The SMILES string of the molecule is Cc1cc2c(Nc3cc(C(=O)O)cc(C(=O)O)c3)ncnc2[nH]1. The Morgan fingerprint density at radius 2 is 1.70 bits per heavy atom. The number of aromatic carboxylic acids is 2.